The molecular weight excluding hydrogens is 312 g/mol. The summed E-state index contributed by atoms with van der Waals surface area (Å²) in [7, 11) is 0. The Balaban J connectivity index is 1.45. The van der Waals surface area contributed by atoms with Crippen LogP contribution in [0.5, 0.6) is 0 Å². The molecule has 0 aromatic carbocycles. The Morgan fingerprint density at radius 1 is 1.16 bits per heavy atom. The summed E-state index contributed by atoms with van der Waals surface area (Å²) < 4.78 is 1.94. The van der Waals surface area contributed by atoms with Gasteiger partial charge in [0.25, 0.3) is 0 Å². The van der Waals surface area contributed by atoms with Crippen molar-refractivity contribution in [1.82, 2.24) is 20.0 Å². The molecule has 0 bridgehead atoms. The molecule has 2 aliphatic rings. The van der Waals surface area contributed by atoms with Crippen LogP contribution in [0.3, 0.4) is 0 Å². The molecule has 2 fully saturated rings. The number of likely N-dealkylation sites (tertiary alicyclic amines) is 1. The Hall–Kier alpha value is -1.36. The predicted octanol–water partition coefficient (Wildman–Crippen LogP) is 3.19. The summed E-state index contributed by atoms with van der Waals surface area (Å²) in [4.78, 5) is 15.0. The number of piperidine rings is 1. The molecule has 2 heterocycles. The highest BCUT2D eigenvalue weighted by molar-refractivity contribution is 5.76. The Bertz CT molecular complexity index is 560. The number of nitrogens with one attached hydrogen (secondary N) is 1. The first-order valence-electron chi connectivity index (χ1n) is 10.2. The molecule has 140 valence electrons. The van der Waals surface area contributed by atoms with Crippen LogP contribution in [0.25, 0.3) is 0 Å². The molecule has 1 N–H and O–H groups in total. The number of carbonyl (C=O) groups is 1. The van der Waals surface area contributed by atoms with E-state index in [0.717, 1.165) is 30.4 Å². The number of aromatic nitrogens is 2. The molecule has 1 amide bonds. The summed E-state index contributed by atoms with van der Waals surface area (Å²) in [6.45, 7) is 6.96. The van der Waals surface area contributed by atoms with Gasteiger partial charge in [0.2, 0.25) is 5.91 Å². The molecule has 0 radical (unpaired) electrons. The minimum atomic E-state index is 0.167. The van der Waals surface area contributed by atoms with E-state index in [2.05, 4.69) is 21.4 Å². The van der Waals surface area contributed by atoms with E-state index in [9.17, 15) is 4.79 Å². The van der Waals surface area contributed by atoms with Gasteiger partial charge in [0, 0.05) is 37.3 Å². The standard InChI is InChI=1S/C20H34N4O/c1-16-14-17(2)24(22-16)13-11-20(25)21-18-8-7-12-23(15-18)19-9-5-3-4-6-10-19/h14,18-19H,3-13,15H2,1-2H3,(H,21,25)/t18-/m1/s1. The van der Waals surface area contributed by atoms with Gasteiger partial charge in [-0.1, -0.05) is 25.7 Å². The number of rotatable bonds is 5. The molecule has 25 heavy (non-hydrogen) atoms. The molecule has 1 aromatic heterocycles. The van der Waals surface area contributed by atoms with Crippen molar-refractivity contribution in [2.24, 2.45) is 0 Å². The highest BCUT2D eigenvalue weighted by Crippen LogP contribution is 2.24. The first-order chi connectivity index (χ1) is 12.1. The summed E-state index contributed by atoms with van der Waals surface area (Å²) in [5.41, 5.74) is 2.15. The Morgan fingerprint density at radius 2 is 1.92 bits per heavy atom. The Morgan fingerprint density at radius 3 is 2.60 bits per heavy atom. The minimum absolute atomic E-state index is 0.167. The van der Waals surface area contributed by atoms with Crippen molar-refractivity contribution in [2.75, 3.05) is 13.1 Å². The molecule has 1 aromatic rings. The van der Waals surface area contributed by atoms with E-state index in [-0.39, 0.29) is 5.91 Å². The normalized spacial score (nSPS) is 23.4. The van der Waals surface area contributed by atoms with Gasteiger partial charge in [0.05, 0.1) is 5.69 Å². The second kappa shape index (κ2) is 8.84. The van der Waals surface area contributed by atoms with E-state index in [1.165, 1.54) is 51.5 Å². The lowest BCUT2D eigenvalue weighted by atomic mass is 10.00. The Labute approximate surface area is 152 Å². The van der Waals surface area contributed by atoms with Crippen molar-refractivity contribution in [3.63, 3.8) is 0 Å². The van der Waals surface area contributed by atoms with Gasteiger partial charge >= 0.3 is 0 Å². The predicted molar refractivity (Wildman–Crippen MR) is 101 cm³/mol. The SMILES string of the molecule is Cc1cc(C)n(CCC(=O)N[C@@H]2CCCN(C3CCCCCC3)C2)n1. The number of carbonyl (C=O) groups excluding carboxylic acids is 1. The van der Waals surface area contributed by atoms with Crippen LogP contribution in [0.15, 0.2) is 6.07 Å². The smallest absolute Gasteiger partial charge is 0.222 e. The molecule has 1 saturated heterocycles. The quantitative estimate of drug-likeness (QED) is 0.833. The molecule has 1 saturated carbocycles. The summed E-state index contributed by atoms with van der Waals surface area (Å²) in [6, 6.07) is 3.13. The summed E-state index contributed by atoms with van der Waals surface area (Å²) in [5.74, 6) is 0.167. The fourth-order valence-electron chi connectivity index (χ4n) is 4.49. The molecule has 5 nitrogen and oxygen atoms in total. The fourth-order valence-corrected chi connectivity index (χ4v) is 4.49. The molecule has 1 atom stereocenters. The van der Waals surface area contributed by atoms with Gasteiger partial charge in [0.15, 0.2) is 0 Å². The first kappa shape index (κ1) is 18.4. The highest BCUT2D eigenvalue weighted by atomic mass is 16.1. The van der Waals surface area contributed by atoms with Gasteiger partial charge in [-0.25, -0.2) is 0 Å². The Kier molecular flexibility index (Phi) is 6.51. The lowest BCUT2D eigenvalue weighted by Crippen LogP contribution is -2.51. The van der Waals surface area contributed by atoms with E-state index >= 15 is 0 Å². The second-order valence-corrected chi connectivity index (χ2v) is 7.95. The molecule has 1 aliphatic heterocycles. The van der Waals surface area contributed by atoms with Crippen LogP contribution in [0.2, 0.25) is 0 Å². The van der Waals surface area contributed by atoms with Crippen molar-refractivity contribution >= 4 is 5.91 Å². The highest BCUT2D eigenvalue weighted by Gasteiger charge is 2.27. The second-order valence-electron chi connectivity index (χ2n) is 7.95. The van der Waals surface area contributed by atoms with Gasteiger partial charge in [0.1, 0.15) is 0 Å². The van der Waals surface area contributed by atoms with Crippen LogP contribution < -0.4 is 5.32 Å². The molecular formula is C20H34N4O. The average molecular weight is 347 g/mol. The average Bonchev–Trinajstić information content (AvgIpc) is 2.80. The zero-order chi connectivity index (χ0) is 17.6. The third-order valence-corrected chi connectivity index (χ3v) is 5.81. The van der Waals surface area contributed by atoms with Gasteiger partial charge in [-0.2, -0.15) is 5.10 Å². The number of amides is 1. The number of hydrogen-bond acceptors (Lipinski definition) is 3. The third-order valence-electron chi connectivity index (χ3n) is 5.81. The molecule has 3 rings (SSSR count). The van der Waals surface area contributed by atoms with E-state index in [1.54, 1.807) is 0 Å². The molecule has 0 unspecified atom stereocenters. The minimum Gasteiger partial charge on any atom is -0.352 e. The number of hydrogen-bond donors (Lipinski definition) is 1. The van der Waals surface area contributed by atoms with Crippen LogP contribution in [-0.4, -0.2) is 45.8 Å². The largest absolute Gasteiger partial charge is 0.352 e. The maximum Gasteiger partial charge on any atom is 0.222 e. The van der Waals surface area contributed by atoms with Crippen LogP contribution in [0.4, 0.5) is 0 Å². The van der Waals surface area contributed by atoms with Gasteiger partial charge in [-0.05, 0) is 52.1 Å². The van der Waals surface area contributed by atoms with E-state index in [1.807, 2.05) is 18.5 Å². The van der Waals surface area contributed by atoms with Gasteiger partial charge in [-0.15, -0.1) is 0 Å². The topological polar surface area (TPSA) is 50.2 Å². The zero-order valence-corrected chi connectivity index (χ0v) is 16.0. The van der Waals surface area contributed by atoms with Crippen molar-refractivity contribution in [1.29, 1.82) is 0 Å². The molecule has 5 heteroatoms. The van der Waals surface area contributed by atoms with Crippen LogP contribution in [-0.2, 0) is 11.3 Å². The van der Waals surface area contributed by atoms with Crippen LogP contribution in [0, 0.1) is 13.8 Å². The molecule has 1 aliphatic carbocycles. The fraction of sp³-hybridized carbons (Fsp3) is 0.800. The van der Waals surface area contributed by atoms with Crippen LogP contribution in [0.1, 0.15) is 69.2 Å². The van der Waals surface area contributed by atoms with Crippen molar-refractivity contribution in [3.8, 4) is 0 Å². The van der Waals surface area contributed by atoms with Gasteiger partial charge < -0.3 is 5.32 Å². The van der Waals surface area contributed by atoms with Crippen molar-refractivity contribution in [3.05, 3.63) is 17.5 Å². The number of aryl methyl sites for hydroxylation is 3. The summed E-state index contributed by atoms with van der Waals surface area (Å²) in [5, 5.41) is 7.72. The molecule has 0 spiro atoms. The maximum atomic E-state index is 12.4. The van der Waals surface area contributed by atoms with E-state index in [0.29, 0.717) is 19.0 Å². The van der Waals surface area contributed by atoms with E-state index < -0.39 is 0 Å². The van der Waals surface area contributed by atoms with Crippen LogP contribution >= 0.6 is 0 Å². The lowest BCUT2D eigenvalue weighted by Gasteiger charge is -2.38. The van der Waals surface area contributed by atoms with Crippen molar-refractivity contribution < 1.29 is 4.79 Å². The summed E-state index contributed by atoms with van der Waals surface area (Å²) >= 11 is 0. The monoisotopic (exact) mass is 346 g/mol. The van der Waals surface area contributed by atoms with E-state index in [4.69, 9.17) is 0 Å². The third kappa shape index (κ3) is 5.30. The lowest BCUT2D eigenvalue weighted by molar-refractivity contribution is -0.122. The zero-order valence-electron chi connectivity index (χ0n) is 16.0. The van der Waals surface area contributed by atoms with Gasteiger partial charge in [-0.3, -0.25) is 14.4 Å². The maximum absolute atomic E-state index is 12.4. The first-order valence-corrected chi connectivity index (χ1v) is 10.2. The number of nitrogens with zero attached hydrogens (tertiary/aromatic N) is 3. The summed E-state index contributed by atoms with van der Waals surface area (Å²) in [6.07, 6.45) is 11.1. The van der Waals surface area contributed by atoms with Crippen molar-refractivity contribution in [2.45, 2.75) is 90.3 Å².